The number of aromatic nitrogens is 1. The van der Waals surface area contributed by atoms with Crippen LogP contribution in [-0.2, 0) is 10.8 Å². The average Bonchev–Trinajstić information content (AvgIpc) is 1.45. The molecule has 1 aromatic heterocycles. The SMILES string of the molecule is C=C/C=C\c1cccc(N(c2ccccc2)c2ccc(-c3cc4c5c(c3)C(C)(C)c3cc(-c6ccc(N(c7ccccc7)c7cccc8ccccc78)cc6)cc6c7cc(-c8ccc(N(c9ccccc9)c9cccc%10ccccc9%10)cc8)cc(c7n-5c36)C4(C)C)cc2)c1. The number of nitrogens with zero attached hydrogens (tertiary/aromatic N) is 4. The molecular weight excluding hydrogens is 1140 g/mol. The van der Waals surface area contributed by atoms with Crippen LogP contribution in [0.2, 0.25) is 0 Å². The van der Waals surface area contributed by atoms with Crippen LogP contribution in [0.15, 0.2) is 328 Å². The van der Waals surface area contributed by atoms with Gasteiger partial charge in [0.15, 0.2) is 0 Å². The summed E-state index contributed by atoms with van der Waals surface area (Å²) in [6.45, 7) is 13.8. The van der Waals surface area contributed by atoms with E-state index in [0.717, 1.165) is 56.7 Å². The topological polar surface area (TPSA) is 14.7 Å². The van der Waals surface area contributed by atoms with Crippen molar-refractivity contribution in [2.45, 2.75) is 38.5 Å². The van der Waals surface area contributed by atoms with Crippen molar-refractivity contribution in [3.8, 4) is 39.1 Å². The van der Waals surface area contributed by atoms with E-state index in [1.165, 1.54) is 105 Å². The zero-order valence-corrected chi connectivity index (χ0v) is 53.2. The molecule has 4 heteroatoms. The summed E-state index contributed by atoms with van der Waals surface area (Å²) in [5.41, 5.74) is 26.6. The van der Waals surface area contributed by atoms with Crippen LogP contribution in [0.5, 0.6) is 0 Å². The zero-order valence-electron chi connectivity index (χ0n) is 53.2. The van der Waals surface area contributed by atoms with Gasteiger partial charge >= 0.3 is 0 Å². The van der Waals surface area contributed by atoms with Crippen LogP contribution in [0.4, 0.5) is 51.2 Å². The molecule has 0 atom stereocenters. The first-order chi connectivity index (χ1) is 46.1. The summed E-state index contributed by atoms with van der Waals surface area (Å²) >= 11 is 0. The highest BCUT2D eigenvalue weighted by molar-refractivity contribution is 6.16. The van der Waals surface area contributed by atoms with Gasteiger partial charge in [0.05, 0.1) is 28.1 Å². The lowest BCUT2D eigenvalue weighted by Crippen LogP contribution is -2.33. The zero-order chi connectivity index (χ0) is 63.2. The van der Waals surface area contributed by atoms with Crippen molar-refractivity contribution in [2.24, 2.45) is 0 Å². The molecule has 15 aromatic rings. The van der Waals surface area contributed by atoms with Gasteiger partial charge in [0.2, 0.25) is 0 Å². The third-order valence-electron chi connectivity index (χ3n) is 20.0. The van der Waals surface area contributed by atoms with Gasteiger partial charge in [-0.2, -0.15) is 0 Å². The first-order valence-corrected chi connectivity index (χ1v) is 32.7. The van der Waals surface area contributed by atoms with Crippen LogP contribution in [0, 0.1) is 0 Å². The smallest absolute Gasteiger partial charge is 0.0582 e. The molecule has 0 saturated carbocycles. The Morgan fingerprint density at radius 2 is 0.649 bits per heavy atom. The highest BCUT2D eigenvalue weighted by atomic mass is 15.2. The van der Waals surface area contributed by atoms with Crippen molar-refractivity contribution >= 4 is 101 Å². The maximum absolute atomic E-state index is 3.92. The fourth-order valence-corrected chi connectivity index (χ4v) is 15.3. The fraction of sp³-hybridized carbons (Fsp3) is 0.0667. The lowest BCUT2D eigenvalue weighted by molar-refractivity contribution is 0.594. The maximum atomic E-state index is 3.92. The summed E-state index contributed by atoms with van der Waals surface area (Å²) < 4.78 is 2.67. The first kappa shape index (κ1) is 56.3. The quantitative estimate of drug-likeness (QED) is 0.101. The van der Waals surface area contributed by atoms with Crippen molar-refractivity contribution in [1.82, 2.24) is 4.57 Å². The first-order valence-electron chi connectivity index (χ1n) is 32.7. The Hall–Kier alpha value is -11.7. The minimum Gasteiger partial charge on any atom is -0.310 e. The molecule has 0 radical (unpaired) electrons. The summed E-state index contributed by atoms with van der Waals surface area (Å²) in [4.78, 5) is 7.14. The second-order valence-corrected chi connectivity index (χ2v) is 26.2. The summed E-state index contributed by atoms with van der Waals surface area (Å²) in [7, 11) is 0. The van der Waals surface area contributed by atoms with Gasteiger partial charge in [-0.25, -0.2) is 0 Å². The van der Waals surface area contributed by atoms with E-state index < -0.39 is 10.8 Å². The number of hydrogen-bond acceptors (Lipinski definition) is 3. The number of benzene rings is 14. The highest BCUT2D eigenvalue weighted by Crippen LogP contribution is 2.58. The molecule has 0 aliphatic carbocycles. The highest BCUT2D eigenvalue weighted by Gasteiger charge is 2.44. The number of anilines is 9. The second kappa shape index (κ2) is 22.3. The van der Waals surface area contributed by atoms with E-state index in [1.807, 2.05) is 12.2 Å². The molecule has 2 aliphatic rings. The molecule has 0 bridgehead atoms. The largest absolute Gasteiger partial charge is 0.310 e. The Morgan fingerprint density at radius 3 is 1.10 bits per heavy atom. The Morgan fingerprint density at radius 1 is 0.298 bits per heavy atom. The number of allylic oxidation sites excluding steroid dienone is 2. The van der Waals surface area contributed by atoms with Crippen LogP contribution in [0.1, 0.15) is 55.5 Å². The molecule has 0 N–H and O–H groups in total. The molecule has 94 heavy (non-hydrogen) atoms. The molecule has 3 heterocycles. The van der Waals surface area contributed by atoms with Crippen molar-refractivity contribution < 1.29 is 0 Å². The molecule has 448 valence electrons. The van der Waals surface area contributed by atoms with E-state index >= 15 is 0 Å². The van der Waals surface area contributed by atoms with Crippen LogP contribution < -0.4 is 14.7 Å². The Bertz CT molecular complexity index is 5210. The molecule has 0 fully saturated rings. The monoisotopic (exact) mass is 1200 g/mol. The van der Waals surface area contributed by atoms with Gasteiger partial charge in [0, 0.05) is 72.2 Å². The van der Waals surface area contributed by atoms with E-state index in [9.17, 15) is 0 Å². The molecule has 14 aromatic carbocycles. The fourth-order valence-electron chi connectivity index (χ4n) is 15.3. The third kappa shape index (κ3) is 9.19. The molecule has 0 unspecified atom stereocenters. The van der Waals surface area contributed by atoms with Gasteiger partial charge in [-0.15, -0.1) is 0 Å². The van der Waals surface area contributed by atoms with Crippen LogP contribution in [-0.4, -0.2) is 4.57 Å². The third-order valence-corrected chi connectivity index (χ3v) is 20.0. The van der Waals surface area contributed by atoms with Crippen LogP contribution in [0.25, 0.3) is 88.5 Å². The summed E-state index contributed by atoms with van der Waals surface area (Å²) in [5.74, 6) is 0. The lowest BCUT2D eigenvalue weighted by Gasteiger charge is -2.42. The number of hydrogen-bond donors (Lipinski definition) is 0. The van der Waals surface area contributed by atoms with Crippen molar-refractivity contribution in [3.63, 3.8) is 0 Å². The van der Waals surface area contributed by atoms with Gasteiger partial charge in [-0.1, -0.05) is 228 Å². The molecule has 4 nitrogen and oxygen atoms in total. The minimum atomic E-state index is -0.396. The van der Waals surface area contributed by atoms with Crippen LogP contribution >= 0.6 is 0 Å². The number of rotatable bonds is 14. The second-order valence-electron chi connectivity index (χ2n) is 26.2. The molecule has 17 rings (SSSR count). The lowest BCUT2D eigenvalue weighted by atomic mass is 9.67. The minimum absolute atomic E-state index is 0.396. The van der Waals surface area contributed by atoms with Gasteiger partial charge in [-0.05, 0) is 205 Å². The van der Waals surface area contributed by atoms with E-state index in [0.29, 0.717) is 0 Å². The number of para-hydroxylation sites is 3. The van der Waals surface area contributed by atoms with Crippen molar-refractivity contribution in [1.29, 1.82) is 0 Å². The van der Waals surface area contributed by atoms with E-state index in [2.05, 4.69) is 369 Å². The Kier molecular flexibility index (Phi) is 13.3. The molecule has 2 aliphatic heterocycles. The average molecular weight is 1210 g/mol. The van der Waals surface area contributed by atoms with Gasteiger partial charge < -0.3 is 19.3 Å². The molecule has 0 spiro atoms. The van der Waals surface area contributed by atoms with Crippen molar-refractivity contribution in [2.75, 3.05) is 14.7 Å². The maximum Gasteiger partial charge on any atom is 0.0582 e. The van der Waals surface area contributed by atoms with Crippen LogP contribution in [0.3, 0.4) is 0 Å². The molecular formula is C90H68N4. The van der Waals surface area contributed by atoms with E-state index in [4.69, 9.17) is 0 Å². The van der Waals surface area contributed by atoms with Gasteiger partial charge in [-0.3, -0.25) is 0 Å². The van der Waals surface area contributed by atoms with E-state index in [-0.39, 0.29) is 0 Å². The summed E-state index contributed by atoms with van der Waals surface area (Å²) in [6.07, 6.45) is 5.92. The Balaban J connectivity index is 0.840. The molecule has 0 saturated heterocycles. The van der Waals surface area contributed by atoms with Gasteiger partial charge in [0.1, 0.15) is 0 Å². The standard InChI is InChI=1S/C90H68N4/c1-6-7-24-60-25-21-36-75(53-60)91(69-30-11-8-12-31-69)72-47-41-63(42-48-72)68-58-82-88-83(59-68)90(4,5)81-57-67(62-45-51-74(52-46-62)93(71-34-15-10-16-35-71)85-40-23-29-65-27-18-20-38-77(65)85)55-79-78-54-66(56-80(89(82,2)3)86(78)94(88)87(79)81)61-43-49-73(50-44-61)92(70-32-13-9-14-33-70)84-39-22-28-64-26-17-19-37-76(64)84/h6-59H,1H2,2-5H3/b24-7-. The molecule has 0 amide bonds. The van der Waals surface area contributed by atoms with Crippen molar-refractivity contribution in [3.05, 3.63) is 356 Å². The Labute approximate surface area is 550 Å². The summed E-state index contributed by atoms with van der Waals surface area (Å²) in [6, 6.07) is 114. The van der Waals surface area contributed by atoms with Gasteiger partial charge in [0.25, 0.3) is 0 Å². The predicted octanol–water partition coefficient (Wildman–Crippen LogP) is 25.0. The predicted molar refractivity (Wildman–Crippen MR) is 400 cm³/mol. The summed E-state index contributed by atoms with van der Waals surface area (Å²) in [5, 5.41) is 7.38. The number of fused-ring (bicyclic) bond motifs is 3. The normalized spacial score (nSPS) is 13.3. The van der Waals surface area contributed by atoms with E-state index in [1.54, 1.807) is 0 Å².